The third kappa shape index (κ3) is 4.05. The van der Waals surface area contributed by atoms with Crippen LogP contribution in [-0.4, -0.2) is 32.1 Å². The molecule has 1 heterocycles. The lowest BCUT2D eigenvalue weighted by atomic mass is 9.84. The van der Waals surface area contributed by atoms with Crippen molar-refractivity contribution in [3.63, 3.8) is 0 Å². The number of esters is 1. The first-order valence-corrected chi connectivity index (χ1v) is 6.91. The van der Waals surface area contributed by atoms with Crippen LogP contribution < -0.4 is 0 Å². The van der Waals surface area contributed by atoms with Gasteiger partial charge in [-0.2, -0.15) is 0 Å². The van der Waals surface area contributed by atoms with Crippen molar-refractivity contribution in [2.45, 2.75) is 46.8 Å². The highest BCUT2D eigenvalue weighted by Gasteiger charge is 2.41. The number of rotatable bonds is 6. The zero-order chi connectivity index (χ0) is 14.5. The Morgan fingerprint density at radius 1 is 1.42 bits per heavy atom. The Labute approximate surface area is 116 Å². The highest BCUT2D eigenvalue weighted by atomic mass is 16.7. The van der Waals surface area contributed by atoms with Crippen LogP contribution in [0.15, 0.2) is 12.7 Å². The van der Waals surface area contributed by atoms with Gasteiger partial charge in [0.05, 0.1) is 18.6 Å². The second-order valence-corrected chi connectivity index (χ2v) is 5.96. The Bertz CT molecular complexity index is 314. The highest BCUT2D eigenvalue weighted by Crippen LogP contribution is 2.36. The van der Waals surface area contributed by atoms with Crippen molar-refractivity contribution in [3.8, 4) is 0 Å². The molecule has 0 amide bonds. The lowest BCUT2D eigenvalue weighted by molar-refractivity contribution is -0.275. The van der Waals surface area contributed by atoms with Crippen molar-refractivity contribution in [1.82, 2.24) is 0 Å². The van der Waals surface area contributed by atoms with E-state index in [-0.39, 0.29) is 17.1 Å². The summed E-state index contributed by atoms with van der Waals surface area (Å²) in [6, 6.07) is 0. The van der Waals surface area contributed by atoms with Gasteiger partial charge in [0.25, 0.3) is 0 Å². The van der Waals surface area contributed by atoms with Crippen molar-refractivity contribution in [3.05, 3.63) is 12.7 Å². The molecule has 1 rings (SSSR count). The van der Waals surface area contributed by atoms with Crippen LogP contribution in [0.3, 0.4) is 0 Å². The molecule has 4 nitrogen and oxygen atoms in total. The average molecular weight is 270 g/mol. The number of hydrogen-bond donors (Lipinski definition) is 0. The van der Waals surface area contributed by atoms with Gasteiger partial charge < -0.3 is 14.2 Å². The summed E-state index contributed by atoms with van der Waals surface area (Å²) in [5, 5.41) is 0. The fourth-order valence-electron chi connectivity index (χ4n) is 1.89. The first-order chi connectivity index (χ1) is 8.89. The molecule has 110 valence electrons. The average Bonchev–Trinajstić information content (AvgIpc) is 2.45. The van der Waals surface area contributed by atoms with E-state index >= 15 is 0 Å². The van der Waals surface area contributed by atoms with E-state index in [1.807, 2.05) is 0 Å². The van der Waals surface area contributed by atoms with Gasteiger partial charge in [0, 0.05) is 11.5 Å². The summed E-state index contributed by atoms with van der Waals surface area (Å²) < 4.78 is 16.9. The Morgan fingerprint density at radius 3 is 2.42 bits per heavy atom. The highest BCUT2D eigenvalue weighted by molar-refractivity contribution is 5.81. The van der Waals surface area contributed by atoms with Gasteiger partial charge in [-0.25, -0.2) is 4.79 Å². The zero-order valence-electron chi connectivity index (χ0n) is 12.5. The minimum absolute atomic E-state index is 0.00229. The Kier molecular flexibility index (Phi) is 5.56. The molecular weight excluding hydrogens is 244 g/mol. The van der Waals surface area contributed by atoms with E-state index in [1.165, 1.54) is 6.08 Å². The van der Waals surface area contributed by atoms with Crippen molar-refractivity contribution in [2.75, 3.05) is 19.8 Å². The summed E-state index contributed by atoms with van der Waals surface area (Å²) in [5.41, 5.74) is -0.239. The lowest BCUT2D eigenvalue weighted by Gasteiger charge is -2.43. The summed E-state index contributed by atoms with van der Waals surface area (Å²) in [6.45, 7) is 13.3. The van der Waals surface area contributed by atoms with Crippen LogP contribution in [0, 0.1) is 10.8 Å². The first-order valence-electron chi connectivity index (χ1n) is 6.91. The van der Waals surface area contributed by atoms with Gasteiger partial charge in [-0.15, -0.1) is 0 Å². The van der Waals surface area contributed by atoms with E-state index in [4.69, 9.17) is 14.2 Å². The van der Waals surface area contributed by atoms with Gasteiger partial charge in [-0.05, 0) is 12.8 Å². The molecule has 0 aromatic carbocycles. The normalized spacial score (nSPS) is 27.9. The molecule has 0 aromatic heterocycles. The Morgan fingerprint density at radius 2 is 2.00 bits per heavy atom. The number of carbonyl (C=O) groups is 1. The van der Waals surface area contributed by atoms with Crippen LogP contribution in [0.1, 0.15) is 40.5 Å². The topological polar surface area (TPSA) is 44.8 Å². The van der Waals surface area contributed by atoms with E-state index in [0.29, 0.717) is 19.8 Å². The molecule has 0 aliphatic carbocycles. The van der Waals surface area contributed by atoms with Gasteiger partial charge in [0.2, 0.25) is 0 Å². The molecule has 0 unspecified atom stereocenters. The Hall–Kier alpha value is -0.870. The monoisotopic (exact) mass is 270 g/mol. The molecule has 1 saturated heterocycles. The SMILES string of the molecule is C=CC(=O)OCC1(CC)COC(C(C)(C)CC)OC1. The molecule has 0 saturated carbocycles. The van der Waals surface area contributed by atoms with Crippen LogP contribution in [-0.2, 0) is 19.0 Å². The maximum atomic E-state index is 11.2. The number of carbonyl (C=O) groups excluding carboxylic acids is 1. The maximum Gasteiger partial charge on any atom is 0.330 e. The van der Waals surface area contributed by atoms with Crippen LogP contribution in [0.2, 0.25) is 0 Å². The zero-order valence-corrected chi connectivity index (χ0v) is 12.5. The van der Waals surface area contributed by atoms with Gasteiger partial charge in [-0.3, -0.25) is 0 Å². The van der Waals surface area contributed by atoms with E-state index in [9.17, 15) is 4.79 Å². The second-order valence-electron chi connectivity index (χ2n) is 5.96. The summed E-state index contributed by atoms with van der Waals surface area (Å²) in [6.07, 6.45) is 2.82. The van der Waals surface area contributed by atoms with Gasteiger partial charge in [-0.1, -0.05) is 34.3 Å². The fourth-order valence-corrected chi connectivity index (χ4v) is 1.89. The van der Waals surface area contributed by atoms with Crippen LogP contribution >= 0.6 is 0 Å². The second kappa shape index (κ2) is 6.53. The van der Waals surface area contributed by atoms with E-state index in [1.54, 1.807) is 0 Å². The molecule has 4 heteroatoms. The van der Waals surface area contributed by atoms with Crippen molar-refractivity contribution in [1.29, 1.82) is 0 Å². The van der Waals surface area contributed by atoms with Crippen molar-refractivity contribution in [2.24, 2.45) is 10.8 Å². The van der Waals surface area contributed by atoms with E-state index in [0.717, 1.165) is 12.8 Å². The molecule has 0 atom stereocenters. The van der Waals surface area contributed by atoms with Gasteiger partial charge in [0.15, 0.2) is 6.29 Å². The third-order valence-corrected chi connectivity index (χ3v) is 4.07. The molecule has 1 aliphatic heterocycles. The van der Waals surface area contributed by atoms with Gasteiger partial charge >= 0.3 is 5.97 Å². The molecule has 1 fully saturated rings. The van der Waals surface area contributed by atoms with E-state index in [2.05, 4.69) is 34.3 Å². The summed E-state index contributed by atoms with van der Waals surface area (Å²) in [4.78, 5) is 11.2. The van der Waals surface area contributed by atoms with E-state index < -0.39 is 5.97 Å². The molecule has 19 heavy (non-hydrogen) atoms. The van der Waals surface area contributed by atoms with Crippen LogP contribution in [0.25, 0.3) is 0 Å². The molecule has 0 bridgehead atoms. The molecule has 0 radical (unpaired) electrons. The lowest BCUT2D eigenvalue weighted by Crippen LogP contribution is -2.49. The summed E-state index contributed by atoms with van der Waals surface area (Å²) >= 11 is 0. The quantitative estimate of drug-likeness (QED) is 0.550. The molecule has 0 aromatic rings. The molecule has 0 N–H and O–H groups in total. The standard InChI is InChI=1S/C15H26O4/c1-6-12(16)17-9-15(8-3)10-18-13(19-11-15)14(4,5)7-2/h6,13H,1,7-11H2,2-5H3. The molecule has 0 spiro atoms. The van der Waals surface area contributed by atoms with Crippen molar-refractivity contribution >= 4 is 5.97 Å². The maximum absolute atomic E-state index is 11.2. The fraction of sp³-hybridized carbons (Fsp3) is 0.800. The largest absolute Gasteiger partial charge is 0.462 e. The van der Waals surface area contributed by atoms with Gasteiger partial charge in [0.1, 0.15) is 6.61 Å². The predicted octanol–water partition coefficient (Wildman–Crippen LogP) is 2.92. The summed E-state index contributed by atoms with van der Waals surface area (Å²) in [7, 11) is 0. The number of ether oxygens (including phenoxy) is 3. The third-order valence-electron chi connectivity index (χ3n) is 4.07. The molecule has 1 aliphatic rings. The minimum atomic E-state index is -0.399. The Balaban J connectivity index is 2.57. The predicted molar refractivity (Wildman–Crippen MR) is 73.6 cm³/mol. The summed E-state index contributed by atoms with van der Waals surface area (Å²) in [5.74, 6) is -0.399. The van der Waals surface area contributed by atoms with Crippen LogP contribution in [0.5, 0.6) is 0 Å². The molecular formula is C15H26O4. The van der Waals surface area contributed by atoms with Crippen molar-refractivity contribution < 1.29 is 19.0 Å². The van der Waals surface area contributed by atoms with Crippen LogP contribution in [0.4, 0.5) is 0 Å². The number of hydrogen-bond acceptors (Lipinski definition) is 4. The minimum Gasteiger partial charge on any atom is -0.462 e. The smallest absolute Gasteiger partial charge is 0.330 e. The first kappa shape index (κ1) is 16.2.